The molecule has 0 aliphatic heterocycles. The molecule has 0 radical (unpaired) electrons. The van der Waals surface area contributed by atoms with E-state index >= 15 is 0 Å². The standard InChI is InChI=1S/C17H23N3O/c18-10-11-19-17(21)13-20-16-9-5-4-8-15(16)12-14-6-2-1-3-7-14/h1-3,6-7,15-16,20H,4-5,8-9,11-13H2,(H,19,21). The second-order valence-electron chi connectivity index (χ2n) is 5.66. The fourth-order valence-corrected chi connectivity index (χ4v) is 3.06. The van der Waals surface area contributed by atoms with Crippen molar-refractivity contribution in [3.05, 3.63) is 35.9 Å². The topological polar surface area (TPSA) is 64.9 Å². The van der Waals surface area contributed by atoms with Gasteiger partial charge in [0.05, 0.1) is 12.6 Å². The monoisotopic (exact) mass is 285 g/mol. The highest BCUT2D eigenvalue weighted by atomic mass is 16.1. The van der Waals surface area contributed by atoms with Gasteiger partial charge in [0.1, 0.15) is 6.54 Å². The fraction of sp³-hybridized carbons (Fsp3) is 0.529. The van der Waals surface area contributed by atoms with Gasteiger partial charge in [-0.1, -0.05) is 43.2 Å². The third-order valence-corrected chi connectivity index (χ3v) is 4.14. The van der Waals surface area contributed by atoms with Gasteiger partial charge in [-0.25, -0.2) is 0 Å². The molecule has 1 amide bonds. The van der Waals surface area contributed by atoms with Gasteiger partial charge in [0.15, 0.2) is 0 Å². The molecule has 1 aliphatic rings. The van der Waals surface area contributed by atoms with Crippen molar-refractivity contribution in [1.29, 1.82) is 5.26 Å². The zero-order chi connectivity index (χ0) is 14.9. The third-order valence-electron chi connectivity index (χ3n) is 4.14. The first-order valence-corrected chi connectivity index (χ1v) is 7.70. The largest absolute Gasteiger partial charge is 0.342 e. The molecule has 1 fully saturated rings. The molecule has 2 N–H and O–H groups in total. The second-order valence-corrected chi connectivity index (χ2v) is 5.66. The van der Waals surface area contributed by atoms with E-state index in [9.17, 15) is 4.79 Å². The van der Waals surface area contributed by atoms with Crippen LogP contribution in [0.3, 0.4) is 0 Å². The molecular weight excluding hydrogens is 262 g/mol. The Morgan fingerprint density at radius 1 is 1.24 bits per heavy atom. The summed E-state index contributed by atoms with van der Waals surface area (Å²) in [5.74, 6) is 0.491. The van der Waals surface area contributed by atoms with E-state index in [4.69, 9.17) is 5.26 Å². The van der Waals surface area contributed by atoms with Crippen molar-refractivity contribution in [1.82, 2.24) is 10.6 Å². The van der Waals surface area contributed by atoms with Crippen LogP contribution < -0.4 is 10.6 Å². The summed E-state index contributed by atoms with van der Waals surface area (Å²) in [4.78, 5) is 11.6. The smallest absolute Gasteiger partial charge is 0.234 e. The van der Waals surface area contributed by atoms with E-state index in [1.54, 1.807) is 0 Å². The highest BCUT2D eigenvalue weighted by molar-refractivity contribution is 5.78. The molecule has 1 aromatic carbocycles. The van der Waals surface area contributed by atoms with Crippen LogP contribution in [0.1, 0.15) is 31.2 Å². The number of carbonyl (C=O) groups is 1. The number of nitriles is 1. The highest BCUT2D eigenvalue weighted by Crippen LogP contribution is 2.27. The molecule has 1 aliphatic carbocycles. The molecule has 21 heavy (non-hydrogen) atoms. The van der Waals surface area contributed by atoms with Crippen LogP contribution in [0.25, 0.3) is 0 Å². The molecule has 2 atom stereocenters. The van der Waals surface area contributed by atoms with Gasteiger partial charge in [-0.3, -0.25) is 4.79 Å². The number of rotatable bonds is 6. The minimum absolute atomic E-state index is 0.0820. The molecule has 4 heteroatoms. The van der Waals surface area contributed by atoms with Crippen LogP contribution in [0.15, 0.2) is 30.3 Å². The normalized spacial score (nSPS) is 21.5. The van der Waals surface area contributed by atoms with E-state index in [1.807, 2.05) is 12.1 Å². The molecule has 0 bridgehead atoms. The van der Waals surface area contributed by atoms with E-state index in [0.29, 0.717) is 18.5 Å². The summed E-state index contributed by atoms with van der Waals surface area (Å²) in [7, 11) is 0. The minimum Gasteiger partial charge on any atom is -0.342 e. The summed E-state index contributed by atoms with van der Waals surface area (Å²) in [5, 5.41) is 14.4. The first kappa shape index (κ1) is 15.5. The minimum atomic E-state index is -0.0967. The van der Waals surface area contributed by atoms with Crippen LogP contribution in [0, 0.1) is 17.2 Å². The van der Waals surface area contributed by atoms with Crippen molar-refractivity contribution < 1.29 is 4.79 Å². The van der Waals surface area contributed by atoms with Crippen LogP contribution in [-0.4, -0.2) is 25.0 Å². The number of carbonyl (C=O) groups excluding carboxylic acids is 1. The second kappa shape index (κ2) is 8.43. The quantitative estimate of drug-likeness (QED) is 0.786. The molecule has 0 aromatic heterocycles. The lowest BCUT2D eigenvalue weighted by atomic mass is 9.80. The van der Waals surface area contributed by atoms with Gasteiger partial charge in [-0.2, -0.15) is 5.26 Å². The number of benzene rings is 1. The highest BCUT2D eigenvalue weighted by Gasteiger charge is 2.25. The Balaban J connectivity index is 1.84. The van der Waals surface area contributed by atoms with Crippen LogP contribution in [-0.2, 0) is 11.2 Å². The lowest BCUT2D eigenvalue weighted by Crippen LogP contribution is -2.44. The van der Waals surface area contributed by atoms with Gasteiger partial charge in [0, 0.05) is 6.04 Å². The van der Waals surface area contributed by atoms with Gasteiger partial charge in [-0.05, 0) is 30.7 Å². The van der Waals surface area contributed by atoms with Crippen LogP contribution >= 0.6 is 0 Å². The molecule has 0 heterocycles. The van der Waals surface area contributed by atoms with Crippen molar-refractivity contribution >= 4 is 5.91 Å². The Morgan fingerprint density at radius 2 is 2.00 bits per heavy atom. The molecule has 0 spiro atoms. The lowest BCUT2D eigenvalue weighted by Gasteiger charge is -2.32. The Labute approximate surface area is 126 Å². The van der Waals surface area contributed by atoms with Crippen molar-refractivity contribution in [2.24, 2.45) is 5.92 Å². The number of amides is 1. The number of hydrogen-bond donors (Lipinski definition) is 2. The van der Waals surface area contributed by atoms with Gasteiger partial charge < -0.3 is 10.6 Å². The van der Waals surface area contributed by atoms with Crippen molar-refractivity contribution in [2.45, 2.75) is 38.1 Å². The zero-order valence-corrected chi connectivity index (χ0v) is 12.3. The number of nitrogens with zero attached hydrogens (tertiary/aromatic N) is 1. The molecule has 1 saturated carbocycles. The average molecular weight is 285 g/mol. The Hall–Kier alpha value is -1.86. The van der Waals surface area contributed by atoms with Gasteiger partial charge in [0.25, 0.3) is 0 Å². The maximum Gasteiger partial charge on any atom is 0.234 e. The Morgan fingerprint density at radius 3 is 2.76 bits per heavy atom. The first-order chi connectivity index (χ1) is 10.3. The van der Waals surface area contributed by atoms with E-state index < -0.39 is 0 Å². The molecule has 2 unspecified atom stereocenters. The molecular formula is C17H23N3O. The van der Waals surface area contributed by atoms with E-state index in [1.165, 1.54) is 24.8 Å². The fourth-order valence-electron chi connectivity index (χ4n) is 3.06. The maximum atomic E-state index is 11.6. The average Bonchev–Trinajstić information content (AvgIpc) is 2.53. The summed E-state index contributed by atoms with van der Waals surface area (Å²) in [5.41, 5.74) is 1.37. The molecule has 112 valence electrons. The van der Waals surface area contributed by atoms with Crippen molar-refractivity contribution in [3.63, 3.8) is 0 Å². The van der Waals surface area contributed by atoms with E-state index in [2.05, 4.69) is 34.9 Å². The predicted molar refractivity (Wildman–Crippen MR) is 82.5 cm³/mol. The number of nitrogens with one attached hydrogen (secondary N) is 2. The van der Waals surface area contributed by atoms with E-state index in [0.717, 1.165) is 12.8 Å². The molecule has 2 rings (SSSR count). The van der Waals surface area contributed by atoms with Crippen molar-refractivity contribution in [2.75, 3.05) is 13.1 Å². The van der Waals surface area contributed by atoms with Gasteiger partial charge in [0.2, 0.25) is 5.91 Å². The third kappa shape index (κ3) is 5.20. The van der Waals surface area contributed by atoms with Crippen LogP contribution in [0.2, 0.25) is 0 Å². The molecule has 0 saturated heterocycles. The summed E-state index contributed by atoms with van der Waals surface area (Å²) < 4.78 is 0. The Bertz CT molecular complexity index is 481. The molecule has 1 aromatic rings. The lowest BCUT2D eigenvalue weighted by molar-refractivity contribution is -0.120. The van der Waals surface area contributed by atoms with Crippen LogP contribution in [0.4, 0.5) is 0 Å². The summed E-state index contributed by atoms with van der Waals surface area (Å²) >= 11 is 0. The van der Waals surface area contributed by atoms with Gasteiger partial charge in [-0.15, -0.1) is 0 Å². The predicted octanol–water partition coefficient (Wildman–Crippen LogP) is 2.02. The summed E-state index contributed by atoms with van der Waals surface area (Å²) in [6.07, 6.45) is 5.91. The Kier molecular flexibility index (Phi) is 6.23. The summed E-state index contributed by atoms with van der Waals surface area (Å²) in [6, 6.07) is 12.9. The van der Waals surface area contributed by atoms with Crippen molar-refractivity contribution in [3.8, 4) is 6.07 Å². The maximum absolute atomic E-state index is 11.6. The molecule has 4 nitrogen and oxygen atoms in total. The zero-order valence-electron chi connectivity index (χ0n) is 12.3. The summed E-state index contributed by atoms with van der Waals surface area (Å²) in [6.45, 7) is 0.385. The van der Waals surface area contributed by atoms with E-state index in [-0.39, 0.29) is 12.5 Å². The van der Waals surface area contributed by atoms with Crippen LogP contribution in [0.5, 0.6) is 0 Å². The SMILES string of the molecule is N#CCNC(=O)CNC1CCCCC1Cc1ccccc1. The first-order valence-electron chi connectivity index (χ1n) is 7.70. The number of hydrogen-bond acceptors (Lipinski definition) is 3. The van der Waals surface area contributed by atoms with Gasteiger partial charge >= 0.3 is 0 Å².